The number of halogens is 1. The topological polar surface area (TPSA) is 38.8 Å². The minimum atomic E-state index is -0.276. The summed E-state index contributed by atoms with van der Waals surface area (Å²) in [7, 11) is 3.07. The molecule has 0 aromatic carbocycles. The zero-order valence-electron chi connectivity index (χ0n) is 9.83. The molecule has 1 atom stereocenters. The van der Waals surface area contributed by atoms with Crippen molar-refractivity contribution in [2.24, 2.45) is 0 Å². The number of hydrogen-bond donors (Lipinski definition) is 0. The van der Waals surface area contributed by atoms with Gasteiger partial charge < -0.3 is 9.47 Å². The molecule has 0 saturated carbocycles. The Labute approximate surface area is 100 Å². The first-order valence-corrected chi connectivity index (χ1v) is 5.89. The third-order valence-corrected chi connectivity index (χ3v) is 2.83. The van der Waals surface area contributed by atoms with Gasteiger partial charge >= 0.3 is 5.97 Å². The number of carbonyl (C=O) groups excluding carboxylic acids is 1. The maximum atomic E-state index is 11.2. The highest BCUT2D eigenvalue weighted by atomic mass is 79.9. The summed E-state index contributed by atoms with van der Waals surface area (Å²) in [6.45, 7) is 6.29. The molecule has 0 saturated heterocycles. The van der Waals surface area contributed by atoms with Gasteiger partial charge in [-0.3, -0.25) is 9.69 Å². The maximum absolute atomic E-state index is 11.2. The molecule has 0 aliphatic carbocycles. The third kappa shape index (κ3) is 6.12. The molecule has 0 spiro atoms. The van der Waals surface area contributed by atoms with Crippen LogP contribution in [0.1, 0.15) is 13.8 Å². The molecule has 0 radical (unpaired) electrons. The quantitative estimate of drug-likeness (QED) is 0.521. The monoisotopic (exact) mass is 281 g/mol. The lowest BCUT2D eigenvalue weighted by molar-refractivity contribution is -0.140. The van der Waals surface area contributed by atoms with E-state index >= 15 is 0 Å². The molecule has 0 aliphatic rings. The van der Waals surface area contributed by atoms with Gasteiger partial charge in [-0.2, -0.15) is 0 Å². The summed E-state index contributed by atoms with van der Waals surface area (Å²) in [5.41, 5.74) is 0. The van der Waals surface area contributed by atoms with Crippen molar-refractivity contribution in [2.45, 2.75) is 24.7 Å². The molecule has 0 aliphatic heterocycles. The van der Waals surface area contributed by atoms with E-state index in [4.69, 9.17) is 4.74 Å². The van der Waals surface area contributed by atoms with Crippen molar-refractivity contribution in [3.8, 4) is 0 Å². The van der Waals surface area contributed by atoms with Crippen molar-refractivity contribution in [1.29, 1.82) is 0 Å². The number of methoxy groups -OCH3 is 2. The van der Waals surface area contributed by atoms with Gasteiger partial charge in [0.25, 0.3) is 0 Å². The lowest BCUT2D eigenvalue weighted by Crippen LogP contribution is -2.40. The Hall–Kier alpha value is -0.130. The molecular formula is C10H20BrNO3. The Morgan fingerprint density at radius 1 is 1.40 bits per heavy atom. The van der Waals surface area contributed by atoms with Gasteiger partial charge in [-0.05, 0) is 13.8 Å². The molecule has 0 aromatic rings. The summed E-state index contributed by atoms with van der Waals surface area (Å²) < 4.78 is 9.67. The van der Waals surface area contributed by atoms with Crippen LogP contribution in [-0.4, -0.2) is 55.7 Å². The van der Waals surface area contributed by atoms with Crippen molar-refractivity contribution < 1.29 is 14.3 Å². The second kappa shape index (κ2) is 8.07. The summed E-state index contributed by atoms with van der Waals surface area (Å²) in [4.78, 5) is 13.1. The van der Waals surface area contributed by atoms with Crippen LogP contribution in [0.2, 0.25) is 0 Å². The number of alkyl halides is 1. The van der Waals surface area contributed by atoms with Crippen molar-refractivity contribution in [2.75, 3.05) is 33.9 Å². The van der Waals surface area contributed by atoms with Crippen LogP contribution in [-0.2, 0) is 14.3 Å². The van der Waals surface area contributed by atoms with E-state index in [9.17, 15) is 4.79 Å². The van der Waals surface area contributed by atoms with Gasteiger partial charge in [0.1, 0.15) is 4.83 Å². The molecule has 90 valence electrons. The standard InChI is InChI=1S/C10H20BrNO3/c1-8(2)12(5-6-14-3)7-9(11)10(13)15-4/h8-9H,5-7H2,1-4H3. The molecule has 0 bridgehead atoms. The van der Waals surface area contributed by atoms with E-state index < -0.39 is 0 Å². The Bertz CT molecular complexity index is 188. The van der Waals surface area contributed by atoms with Gasteiger partial charge in [0, 0.05) is 26.2 Å². The number of carbonyl (C=O) groups is 1. The normalized spacial score (nSPS) is 13.3. The SMILES string of the molecule is COCCN(CC(Br)C(=O)OC)C(C)C. The van der Waals surface area contributed by atoms with Crippen LogP contribution in [0.3, 0.4) is 0 Å². The largest absolute Gasteiger partial charge is 0.468 e. The van der Waals surface area contributed by atoms with Gasteiger partial charge in [-0.25, -0.2) is 0 Å². The lowest BCUT2D eigenvalue weighted by atomic mass is 10.3. The van der Waals surface area contributed by atoms with Crippen LogP contribution < -0.4 is 0 Å². The molecule has 0 aromatic heterocycles. The van der Waals surface area contributed by atoms with E-state index in [0.717, 1.165) is 6.54 Å². The van der Waals surface area contributed by atoms with Gasteiger partial charge in [0.15, 0.2) is 0 Å². The molecule has 0 heterocycles. The summed E-state index contributed by atoms with van der Waals surface area (Å²) in [5.74, 6) is -0.238. The summed E-state index contributed by atoms with van der Waals surface area (Å²) in [5, 5.41) is 0. The highest BCUT2D eigenvalue weighted by Gasteiger charge is 2.20. The van der Waals surface area contributed by atoms with E-state index in [1.807, 2.05) is 0 Å². The molecule has 15 heavy (non-hydrogen) atoms. The van der Waals surface area contributed by atoms with Crippen LogP contribution in [0, 0.1) is 0 Å². The fourth-order valence-corrected chi connectivity index (χ4v) is 1.74. The second-order valence-electron chi connectivity index (χ2n) is 3.57. The van der Waals surface area contributed by atoms with E-state index in [1.165, 1.54) is 7.11 Å². The predicted molar refractivity (Wildman–Crippen MR) is 63.3 cm³/mol. The van der Waals surface area contributed by atoms with Crippen LogP contribution in [0.25, 0.3) is 0 Å². The molecule has 4 nitrogen and oxygen atoms in total. The highest BCUT2D eigenvalue weighted by Crippen LogP contribution is 2.08. The molecule has 0 N–H and O–H groups in total. The molecule has 0 fully saturated rings. The molecule has 5 heteroatoms. The van der Waals surface area contributed by atoms with Crippen molar-refractivity contribution >= 4 is 21.9 Å². The van der Waals surface area contributed by atoms with Crippen molar-refractivity contribution in [3.63, 3.8) is 0 Å². The zero-order valence-corrected chi connectivity index (χ0v) is 11.4. The minimum Gasteiger partial charge on any atom is -0.468 e. The van der Waals surface area contributed by atoms with Crippen molar-refractivity contribution in [1.82, 2.24) is 4.90 Å². The van der Waals surface area contributed by atoms with E-state index in [2.05, 4.69) is 39.4 Å². The second-order valence-corrected chi connectivity index (χ2v) is 4.68. The van der Waals surface area contributed by atoms with E-state index in [0.29, 0.717) is 19.2 Å². The van der Waals surface area contributed by atoms with Gasteiger partial charge in [-0.1, -0.05) is 15.9 Å². The molecular weight excluding hydrogens is 262 g/mol. The van der Waals surface area contributed by atoms with Gasteiger partial charge in [0.2, 0.25) is 0 Å². The van der Waals surface area contributed by atoms with E-state index in [1.54, 1.807) is 7.11 Å². The number of hydrogen-bond acceptors (Lipinski definition) is 4. The predicted octanol–water partition coefficient (Wildman–Crippen LogP) is 1.28. The Morgan fingerprint density at radius 2 is 2.00 bits per heavy atom. The smallest absolute Gasteiger partial charge is 0.320 e. The lowest BCUT2D eigenvalue weighted by Gasteiger charge is -2.27. The Morgan fingerprint density at radius 3 is 2.40 bits per heavy atom. The van der Waals surface area contributed by atoms with Crippen molar-refractivity contribution in [3.05, 3.63) is 0 Å². The number of rotatable bonds is 7. The number of nitrogens with zero attached hydrogens (tertiary/aromatic N) is 1. The first-order valence-electron chi connectivity index (χ1n) is 4.97. The first-order chi connectivity index (χ1) is 7.02. The highest BCUT2D eigenvalue weighted by molar-refractivity contribution is 9.10. The summed E-state index contributed by atoms with van der Waals surface area (Å²) >= 11 is 3.31. The summed E-state index contributed by atoms with van der Waals surface area (Å²) in [6, 6.07) is 0.379. The first kappa shape index (κ1) is 14.9. The third-order valence-electron chi connectivity index (χ3n) is 2.16. The van der Waals surface area contributed by atoms with Crippen LogP contribution in [0.4, 0.5) is 0 Å². The average molecular weight is 282 g/mol. The average Bonchev–Trinajstić information content (AvgIpc) is 2.22. The Kier molecular flexibility index (Phi) is 8.00. The Balaban J connectivity index is 4.09. The number of ether oxygens (including phenoxy) is 2. The fourth-order valence-electron chi connectivity index (χ4n) is 1.18. The van der Waals surface area contributed by atoms with Crippen LogP contribution >= 0.6 is 15.9 Å². The zero-order chi connectivity index (χ0) is 11.8. The summed E-state index contributed by atoms with van der Waals surface area (Å²) in [6.07, 6.45) is 0. The van der Waals surface area contributed by atoms with E-state index in [-0.39, 0.29) is 10.8 Å². The van der Waals surface area contributed by atoms with Crippen LogP contribution in [0.15, 0.2) is 0 Å². The minimum absolute atomic E-state index is 0.238. The maximum Gasteiger partial charge on any atom is 0.320 e. The molecule has 1 unspecified atom stereocenters. The molecule has 0 amide bonds. The molecule has 0 rings (SSSR count). The van der Waals surface area contributed by atoms with Crippen LogP contribution in [0.5, 0.6) is 0 Å². The fraction of sp³-hybridized carbons (Fsp3) is 0.900. The number of esters is 1. The van der Waals surface area contributed by atoms with Gasteiger partial charge in [-0.15, -0.1) is 0 Å². The van der Waals surface area contributed by atoms with Gasteiger partial charge in [0.05, 0.1) is 13.7 Å².